The van der Waals surface area contributed by atoms with Crippen molar-refractivity contribution in [1.82, 2.24) is 0 Å². The molecule has 0 radical (unpaired) electrons. The van der Waals surface area contributed by atoms with Gasteiger partial charge in [0.25, 0.3) is 0 Å². The number of hydrogen-bond acceptors (Lipinski definition) is 2. The molecule has 0 aliphatic heterocycles. The van der Waals surface area contributed by atoms with Crippen LogP contribution in [0.15, 0.2) is 60.7 Å². The first kappa shape index (κ1) is 17.0. The Kier molecular flexibility index (Phi) is 4.17. The molecular formula is C26H22S2. The number of aryl methyl sites for hydroxylation is 4. The van der Waals surface area contributed by atoms with Crippen LogP contribution in [0.4, 0.5) is 0 Å². The highest BCUT2D eigenvalue weighted by atomic mass is 33.1. The van der Waals surface area contributed by atoms with Gasteiger partial charge in [0.15, 0.2) is 0 Å². The Balaban J connectivity index is 1.21. The van der Waals surface area contributed by atoms with E-state index in [1.54, 1.807) is 22.3 Å². The summed E-state index contributed by atoms with van der Waals surface area (Å²) in [4.78, 5) is 0. The molecular weight excluding hydrogens is 376 g/mol. The van der Waals surface area contributed by atoms with E-state index in [-0.39, 0.29) is 0 Å². The van der Waals surface area contributed by atoms with Crippen molar-refractivity contribution in [3.63, 3.8) is 0 Å². The van der Waals surface area contributed by atoms with E-state index in [0.29, 0.717) is 0 Å². The smallest absolute Gasteiger partial charge is 0.0295 e. The number of benzene rings is 4. The van der Waals surface area contributed by atoms with Crippen molar-refractivity contribution >= 4 is 43.1 Å². The Morgan fingerprint density at radius 2 is 0.929 bits per heavy atom. The topological polar surface area (TPSA) is 0 Å². The molecule has 0 atom stereocenters. The predicted octanol–water partition coefficient (Wildman–Crippen LogP) is 7.27. The maximum atomic E-state index is 2.36. The van der Waals surface area contributed by atoms with Crippen LogP contribution in [0.1, 0.15) is 33.4 Å². The molecule has 0 fully saturated rings. The van der Waals surface area contributed by atoms with Gasteiger partial charge in [-0.3, -0.25) is 0 Å². The second-order valence-corrected chi connectivity index (χ2v) is 10.4. The summed E-state index contributed by atoms with van der Waals surface area (Å²) in [7, 11) is 3.99. The molecule has 0 amide bonds. The summed E-state index contributed by atoms with van der Waals surface area (Å²) in [5, 5.41) is 6.04. The predicted molar refractivity (Wildman–Crippen MR) is 125 cm³/mol. The summed E-state index contributed by atoms with van der Waals surface area (Å²) in [6, 6.07) is 23.2. The van der Waals surface area contributed by atoms with Crippen molar-refractivity contribution in [2.24, 2.45) is 0 Å². The van der Waals surface area contributed by atoms with Gasteiger partial charge in [0.1, 0.15) is 0 Å². The molecule has 0 bridgehead atoms. The van der Waals surface area contributed by atoms with Crippen molar-refractivity contribution in [3.8, 4) is 0 Å². The second-order valence-electron chi connectivity index (χ2n) is 7.97. The number of rotatable bonds is 5. The number of hydrogen-bond donors (Lipinski definition) is 0. The van der Waals surface area contributed by atoms with Crippen LogP contribution in [0.2, 0.25) is 0 Å². The summed E-state index contributed by atoms with van der Waals surface area (Å²) in [5.74, 6) is 2.15. The van der Waals surface area contributed by atoms with E-state index in [2.05, 4.69) is 60.7 Å². The van der Waals surface area contributed by atoms with Gasteiger partial charge < -0.3 is 0 Å². The van der Waals surface area contributed by atoms with Gasteiger partial charge >= 0.3 is 0 Å². The summed E-state index contributed by atoms with van der Waals surface area (Å²) in [5.41, 5.74) is 9.14. The maximum absolute atomic E-state index is 2.36. The zero-order valence-corrected chi connectivity index (χ0v) is 17.5. The largest absolute Gasteiger partial charge is 0.0890 e. The molecule has 0 saturated carbocycles. The Morgan fingerprint density at radius 1 is 0.500 bits per heavy atom. The minimum atomic E-state index is 1.08. The van der Waals surface area contributed by atoms with Crippen molar-refractivity contribution in [2.75, 3.05) is 0 Å². The van der Waals surface area contributed by atoms with Crippen LogP contribution in [0.5, 0.6) is 0 Å². The van der Waals surface area contributed by atoms with Gasteiger partial charge in [-0.25, -0.2) is 0 Å². The first-order valence-corrected chi connectivity index (χ1v) is 12.7. The molecule has 0 N–H and O–H groups in total. The third-order valence-electron chi connectivity index (χ3n) is 6.45. The minimum absolute atomic E-state index is 1.08. The minimum Gasteiger partial charge on any atom is -0.0890 e. The average Bonchev–Trinajstić information content (AvgIpc) is 3.35. The highest BCUT2D eigenvalue weighted by Gasteiger charge is 2.17. The van der Waals surface area contributed by atoms with E-state index in [9.17, 15) is 0 Å². The Bertz CT molecular complexity index is 1100. The van der Waals surface area contributed by atoms with E-state index in [1.165, 1.54) is 58.4 Å². The van der Waals surface area contributed by atoms with Gasteiger partial charge in [0, 0.05) is 11.5 Å². The normalized spacial score (nSPS) is 14.4. The molecule has 2 aliphatic carbocycles. The summed E-state index contributed by atoms with van der Waals surface area (Å²) in [6.45, 7) is 0. The van der Waals surface area contributed by atoms with Crippen LogP contribution in [0.3, 0.4) is 0 Å². The second kappa shape index (κ2) is 6.86. The molecule has 0 spiro atoms. The Hall–Kier alpha value is -1.90. The SMILES string of the molecule is c1cc2c3c(ccc(CSSCc4ccc5c6c(cccc46)CC5)c3c1)CC2. The highest BCUT2D eigenvalue weighted by molar-refractivity contribution is 8.76. The van der Waals surface area contributed by atoms with Crippen LogP contribution in [0.25, 0.3) is 21.5 Å². The highest BCUT2D eigenvalue weighted by Crippen LogP contribution is 2.39. The summed E-state index contributed by atoms with van der Waals surface area (Å²) in [6.07, 6.45) is 4.85. The van der Waals surface area contributed by atoms with Crippen LogP contribution in [-0.4, -0.2) is 0 Å². The van der Waals surface area contributed by atoms with Gasteiger partial charge in [-0.2, -0.15) is 0 Å². The molecule has 28 heavy (non-hydrogen) atoms. The summed E-state index contributed by atoms with van der Waals surface area (Å²) < 4.78 is 0. The molecule has 138 valence electrons. The maximum Gasteiger partial charge on any atom is 0.0295 e. The van der Waals surface area contributed by atoms with E-state index in [4.69, 9.17) is 0 Å². The van der Waals surface area contributed by atoms with Crippen molar-refractivity contribution in [2.45, 2.75) is 37.2 Å². The standard InChI is InChI=1S/C26H22S2/c1-3-17-7-9-19-11-13-21(23(5-1)25(17)19)15-27-28-16-22-14-12-20-10-8-18-4-2-6-24(22)26(18)20/h1-6,11-14H,7-10,15-16H2. The molecule has 0 saturated heterocycles. The van der Waals surface area contributed by atoms with E-state index in [1.807, 2.05) is 21.6 Å². The first-order chi connectivity index (χ1) is 13.9. The van der Waals surface area contributed by atoms with E-state index in [0.717, 1.165) is 11.5 Å². The molecule has 0 aromatic heterocycles. The van der Waals surface area contributed by atoms with Crippen molar-refractivity contribution in [1.29, 1.82) is 0 Å². The lowest BCUT2D eigenvalue weighted by Gasteiger charge is -2.10. The zero-order valence-electron chi connectivity index (χ0n) is 15.8. The van der Waals surface area contributed by atoms with Crippen LogP contribution < -0.4 is 0 Å². The molecule has 4 aromatic carbocycles. The van der Waals surface area contributed by atoms with Crippen molar-refractivity contribution < 1.29 is 0 Å². The van der Waals surface area contributed by atoms with Gasteiger partial charge in [0.2, 0.25) is 0 Å². The van der Waals surface area contributed by atoms with Crippen LogP contribution in [-0.2, 0) is 37.2 Å². The van der Waals surface area contributed by atoms with Crippen molar-refractivity contribution in [3.05, 3.63) is 94.0 Å². The average molecular weight is 399 g/mol. The molecule has 0 unspecified atom stereocenters. The molecule has 4 aromatic rings. The summed E-state index contributed by atoms with van der Waals surface area (Å²) >= 11 is 0. The lowest BCUT2D eigenvalue weighted by Crippen LogP contribution is -1.88. The van der Waals surface area contributed by atoms with Gasteiger partial charge in [0.05, 0.1) is 0 Å². The van der Waals surface area contributed by atoms with Crippen LogP contribution >= 0.6 is 21.6 Å². The zero-order chi connectivity index (χ0) is 18.5. The van der Waals surface area contributed by atoms with Gasteiger partial charge in [-0.05, 0) is 80.6 Å². The third kappa shape index (κ3) is 2.69. The van der Waals surface area contributed by atoms with E-state index < -0.39 is 0 Å². The lowest BCUT2D eigenvalue weighted by atomic mass is 10.0. The molecule has 2 aliphatic rings. The monoisotopic (exact) mass is 398 g/mol. The van der Waals surface area contributed by atoms with Crippen LogP contribution in [0, 0.1) is 0 Å². The van der Waals surface area contributed by atoms with E-state index >= 15 is 0 Å². The molecule has 0 nitrogen and oxygen atoms in total. The Morgan fingerprint density at radius 3 is 1.39 bits per heavy atom. The molecule has 2 heteroatoms. The molecule has 6 rings (SSSR count). The fraction of sp³-hybridized carbons (Fsp3) is 0.231. The lowest BCUT2D eigenvalue weighted by molar-refractivity contribution is 1.02. The third-order valence-corrected chi connectivity index (χ3v) is 8.68. The quantitative estimate of drug-likeness (QED) is 0.256. The van der Waals surface area contributed by atoms with Gasteiger partial charge in [-0.1, -0.05) is 82.3 Å². The first-order valence-electron chi connectivity index (χ1n) is 10.2. The van der Waals surface area contributed by atoms with Gasteiger partial charge in [-0.15, -0.1) is 0 Å². The fourth-order valence-electron chi connectivity index (χ4n) is 5.08. The Labute approximate surface area is 174 Å². The fourth-order valence-corrected chi connectivity index (χ4v) is 7.26. The molecule has 0 heterocycles.